The van der Waals surface area contributed by atoms with Gasteiger partial charge in [-0.1, -0.05) is 38.1 Å². The Hall–Kier alpha value is -0.860. The molecule has 0 radical (unpaired) electrons. The predicted molar refractivity (Wildman–Crippen MR) is 73.2 cm³/mol. The van der Waals surface area contributed by atoms with Crippen molar-refractivity contribution >= 4 is 0 Å². The summed E-state index contributed by atoms with van der Waals surface area (Å²) in [5.74, 6) is 0.730. The molecule has 1 N–H and O–H groups in total. The van der Waals surface area contributed by atoms with Gasteiger partial charge in [-0.15, -0.1) is 0 Å². The van der Waals surface area contributed by atoms with Gasteiger partial charge in [0.25, 0.3) is 0 Å². The molecular formula is C15H25NO. The second-order valence-corrected chi connectivity index (χ2v) is 4.94. The van der Waals surface area contributed by atoms with Crippen LogP contribution in [0.4, 0.5) is 0 Å². The number of hydrogen-bond donors (Lipinski definition) is 1. The number of ether oxygens (including phenoxy) is 1. The standard InChI is InChI=1S/C15H25NO/c1-13(2)11-14-5-7-15(8-6-14)12-16-9-4-10-17-3/h5-8,13,16H,4,9-12H2,1-3H3. The Bertz CT molecular complexity index is 292. The summed E-state index contributed by atoms with van der Waals surface area (Å²) in [7, 11) is 1.74. The zero-order valence-corrected chi connectivity index (χ0v) is 11.3. The van der Waals surface area contributed by atoms with Crippen LogP contribution in [0, 0.1) is 5.92 Å². The fraction of sp³-hybridized carbons (Fsp3) is 0.600. The largest absolute Gasteiger partial charge is 0.385 e. The van der Waals surface area contributed by atoms with Gasteiger partial charge in [-0.05, 0) is 36.4 Å². The molecule has 96 valence electrons. The molecule has 0 saturated heterocycles. The first-order valence-electron chi connectivity index (χ1n) is 6.50. The Morgan fingerprint density at radius 1 is 1.12 bits per heavy atom. The van der Waals surface area contributed by atoms with Gasteiger partial charge >= 0.3 is 0 Å². The molecule has 0 aromatic heterocycles. The summed E-state index contributed by atoms with van der Waals surface area (Å²) >= 11 is 0. The van der Waals surface area contributed by atoms with Crippen LogP contribution in [-0.2, 0) is 17.7 Å². The molecule has 0 saturated carbocycles. The van der Waals surface area contributed by atoms with Crippen molar-refractivity contribution in [2.24, 2.45) is 5.92 Å². The van der Waals surface area contributed by atoms with Crippen molar-refractivity contribution in [1.29, 1.82) is 0 Å². The molecule has 1 rings (SSSR count). The minimum Gasteiger partial charge on any atom is -0.385 e. The molecule has 0 atom stereocenters. The lowest BCUT2D eigenvalue weighted by molar-refractivity contribution is 0.194. The van der Waals surface area contributed by atoms with Crippen LogP contribution in [-0.4, -0.2) is 20.3 Å². The lowest BCUT2D eigenvalue weighted by Gasteiger charge is -2.07. The van der Waals surface area contributed by atoms with Crippen LogP contribution in [0.2, 0.25) is 0 Å². The normalized spacial score (nSPS) is 11.1. The highest BCUT2D eigenvalue weighted by molar-refractivity contribution is 5.22. The van der Waals surface area contributed by atoms with Gasteiger partial charge in [0, 0.05) is 20.3 Å². The van der Waals surface area contributed by atoms with E-state index < -0.39 is 0 Å². The van der Waals surface area contributed by atoms with Crippen molar-refractivity contribution < 1.29 is 4.74 Å². The summed E-state index contributed by atoms with van der Waals surface area (Å²) in [5.41, 5.74) is 2.79. The first-order chi connectivity index (χ1) is 8.22. The lowest BCUT2D eigenvalue weighted by Crippen LogP contribution is -2.16. The summed E-state index contributed by atoms with van der Waals surface area (Å²) in [4.78, 5) is 0. The Balaban J connectivity index is 2.25. The van der Waals surface area contributed by atoms with Gasteiger partial charge in [0.05, 0.1) is 0 Å². The summed E-state index contributed by atoms with van der Waals surface area (Å²) in [6.45, 7) is 7.31. The van der Waals surface area contributed by atoms with Crippen LogP contribution in [0.25, 0.3) is 0 Å². The van der Waals surface area contributed by atoms with Gasteiger partial charge in [0.1, 0.15) is 0 Å². The third kappa shape index (κ3) is 6.44. The second kappa shape index (κ2) is 8.26. The SMILES string of the molecule is COCCCNCc1ccc(CC(C)C)cc1. The average molecular weight is 235 g/mol. The van der Waals surface area contributed by atoms with E-state index in [0.29, 0.717) is 0 Å². The highest BCUT2D eigenvalue weighted by atomic mass is 16.5. The van der Waals surface area contributed by atoms with E-state index in [4.69, 9.17) is 4.74 Å². The maximum atomic E-state index is 5.01. The van der Waals surface area contributed by atoms with E-state index >= 15 is 0 Å². The fourth-order valence-electron chi connectivity index (χ4n) is 1.84. The van der Waals surface area contributed by atoms with Crippen LogP contribution >= 0.6 is 0 Å². The molecule has 1 aromatic carbocycles. The van der Waals surface area contributed by atoms with E-state index in [9.17, 15) is 0 Å². The Morgan fingerprint density at radius 2 is 1.76 bits per heavy atom. The summed E-state index contributed by atoms with van der Waals surface area (Å²) in [6, 6.07) is 8.93. The topological polar surface area (TPSA) is 21.3 Å². The fourth-order valence-corrected chi connectivity index (χ4v) is 1.84. The van der Waals surface area contributed by atoms with Gasteiger partial charge in [-0.3, -0.25) is 0 Å². The van der Waals surface area contributed by atoms with Crippen LogP contribution in [0.5, 0.6) is 0 Å². The van der Waals surface area contributed by atoms with Crippen molar-refractivity contribution in [2.45, 2.75) is 33.2 Å². The Morgan fingerprint density at radius 3 is 2.35 bits per heavy atom. The molecule has 2 nitrogen and oxygen atoms in total. The maximum absolute atomic E-state index is 5.01. The molecule has 0 aliphatic rings. The highest BCUT2D eigenvalue weighted by Crippen LogP contribution is 2.09. The highest BCUT2D eigenvalue weighted by Gasteiger charge is 1.98. The minimum absolute atomic E-state index is 0.730. The van der Waals surface area contributed by atoms with Gasteiger partial charge in [-0.25, -0.2) is 0 Å². The van der Waals surface area contributed by atoms with Crippen molar-refractivity contribution in [2.75, 3.05) is 20.3 Å². The smallest absolute Gasteiger partial charge is 0.0474 e. The second-order valence-electron chi connectivity index (χ2n) is 4.94. The van der Waals surface area contributed by atoms with Crippen LogP contribution < -0.4 is 5.32 Å². The van der Waals surface area contributed by atoms with Gasteiger partial charge < -0.3 is 10.1 Å². The van der Waals surface area contributed by atoms with E-state index in [0.717, 1.165) is 32.0 Å². The van der Waals surface area contributed by atoms with E-state index in [2.05, 4.69) is 43.4 Å². The molecule has 1 aromatic rings. The first-order valence-corrected chi connectivity index (χ1v) is 6.50. The summed E-state index contributed by atoms with van der Waals surface area (Å²) in [5, 5.41) is 3.42. The van der Waals surface area contributed by atoms with Crippen LogP contribution in [0.1, 0.15) is 31.4 Å². The molecule has 0 fully saturated rings. The van der Waals surface area contributed by atoms with Crippen molar-refractivity contribution in [1.82, 2.24) is 5.32 Å². The van der Waals surface area contributed by atoms with E-state index in [1.165, 1.54) is 17.5 Å². The number of methoxy groups -OCH3 is 1. The number of hydrogen-bond acceptors (Lipinski definition) is 2. The zero-order chi connectivity index (χ0) is 12.5. The number of benzene rings is 1. The first kappa shape index (κ1) is 14.2. The quantitative estimate of drug-likeness (QED) is 0.699. The zero-order valence-electron chi connectivity index (χ0n) is 11.3. The molecule has 0 bridgehead atoms. The minimum atomic E-state index is 0.730. The average Bonchev–Trinajstić information content (AvgIpc) is 2.30. The molecule has 17 heavy (non-hydrogen) atoms. The number of nitrogens with one attached hydrogen (secondary N) is 1. The maximum Gasteiger partial charge on any atom is 0.0474 e. The van der Waals surface area contributed by atoms with Crippen LogP contribution in [0.3, 0.4) is 0 Å². The predicted octanol–water partition coefficient (Wildman–Crippen LogP) is 3.01. The Kier molecular flexibility index (Phi) is 6.90. The molecule has 0 spiro atoms. The summed E-state index contributed by atoms with van der Waals surface area (Å²) < 4.78 is 5.01. The molecule has 0 aliphatic heterocycles. The monoisotopic (exact) mass is 235 g/mol. The molecule has 2 heteroatoms. The van der Waals surface area contributed by atoms with E-state index in [-0.39, 0.29) is 0 Å². The van der Waals surface area contributed by atoms with Gasteiger partial charge in [0.15, 0.2) is 0 Å². The molecule has 0 heterocycles. The molecular weight excluding hydrogens is 210 g/mol. The van der Waals surface area contributed by atoms with Gasteiger partial charge in [0.2, 0.25) is 0 Å². The van der Waals surface area contributed by atoms with Crippen molar-refractivity contribution in [3.8, 4) is 0 Å². The van der Waals surface area contributed by atoms with E-state index in [1.807, 2.05) is 0 Å². The third-order valence-electron chi connectivity index (χ3n) is 2.70. The third-order valence-corrected chi connectivity index (χ3v) is 2.70. The van der Waals surface area contributed by atoms with Crippen molar-refractivity contribution in [3.63, 3.8) is 0 Å². The molecule has 0 amide bonds. The van der Waals surface area contributed by atoms with E-state index in [1.54, 1.807) is 7.11 Å². The lowest BCUT2D eigenvalue weighted by atomic mass is 10.0. The molecule has 0 aliphatic carbocycles. The van der Waals surface area contributed by atoms with Crippen LogP contribution in [0.15, 0.2) is 24.3 Å². The Labute approximate surface area is 105 Å². The number of rotatable bonds is 8. The molecule has 0 unspecified atom stereocenters. The van der Waals surface area contributed by atoms with Crippen molar-refractivity contribution in [3.05, 3.63) is 35.4 Å². The summed E-state index contributed by atoms with van der Waals surface area (Å²) in [6.07, 6.45) is 2.24. The van der Waals surface area contributed by atoms with Gasteiger partial charge in [-0.2, -0.15) is 0 Å².